The van der Waals surface area contributed by atoms with Gasteiger partial charge in [-0.15, -0.1) is 11.3 Å². The number of para-hydroxylation sites is 1. The van der Waals surface area contributed by atoms with Crippen LogP contribution in [0.25, 0.3) is 16.3 Å². The van der Waals surface area contributed by atoms with Crippen LogP contribution in [0.3, 0.4) is 0 Å². The molecule has 1 atom stereocenters. The summed E-state index contributed by atoms with van der Waals surface area (Å²) in [5, 5.41) is 0.681. The van der Waals surface area contributed by atoms with Gasteiger partial charge in [0, 0.05) is 10.5 Å². The second-order valence-electron chi connectivity index (χ2n) is 8.56. The largest absolute Gasteiger partial charge is 0.463 e. The van der Waals surface area contributed by atoms with Gasteiger partial charge in [0.05, 0.1) is 38.7 Å². The van der Waals surface area contributed by atoms with Gasteiger partial charge in [-0.1, -0.05) is 51.5 Å². The Morgan fingerprint density at radius 1 is 1.18 bits per heavy atom. The highest BCUT2D eigenvalue weighted by Crippen LogP contribution is 2.35. The second kappa shape index (κ2) is 10.7. The Morgan fingerprint density at radius 3 is 2.82 bits per heavy atom. The summed E-state index contributed by atoms with van der Waals surface area (Å²) >= 11 is 7.82. The van der Waals surface area contributed by atoms with Gasteiger partial charge in [-0.05, 0) is 67.6 Å². The van der Waals surface area contributed by atoms with Crippen molar-refractivity contribution in [3.05, 3.63) is 107 Å². The number of thiazole rings is 2. The fraction of sp³-hybridized carbons (Fsp3) is 0.143. The third kappa shape index (κ3) is 5.07. The first-order valence-electron chi connectivity index (χ1n) is 12.0. The Balaban J connectivity index is 1.39. The van der Waals surface area contributed by atoms with Gasteiger partial charge in [0.25, 0.3) is 5.56 Å². The van der Waals surface area contributed by atoms with E-state index in [-0.39, 0.29) is 12.2 Å². The van der Waals surface area contributed by atoms with Crippen LogP contribution in [0.5, 0.6) is 0 Å². The van der Waals surface area contributed by atoms with Crippen LogP contribution in [0.1, 0.15) is 31.2 Å². The SMILES string of the molecule is CCOC(=O)C1=C(C)N=c2s/c(=C\c3ccc(Sc4nc5ccccc5s4)o3)c(=O)n2[C@@H]1c1cccc(Br)c1. The van der Waals surface area contributed by atoms with Gasteiger partial charge in [0.1, 0.15) is 5.76 Å². The molecule has 5 aromatic rings. The van der Waals surface area contributed by atoms with Gasteiger partial charge in [0.2, 0.25) is 0 Å². The molecule has 11 heteroatoms. The molecule has 2 aromatic carbocycles. The molecule has 1 aliphatic heterocycles. The molecule has 196 valence electrons. The minimum Gasteiger partial charge on any atom is -0.463 e. The summed E-state index contributed by atoms with van der Waals surface area (Å²) in [5.74, 6) is 0.0600. The molecule has 0 fully saturated rings. The molecule has 1 aliphatic rings. The van der Waals surface area contributed by atoms with Crippen molar-refractivity contribution in [2.45, 2.75) is 29.3 Å². The number of carbonyl (C=O) groups excluding carboxylic acids is 1. The van der Waals surface area contributed by atoms with Gasteiger partial charge < -0.3 is 9.15 Å². The van der Waals surface area contributed by atoms with E-state index in [0.717, 1.165) is 24.6 Å². The van der Waals surface area contributed by atoms with Crippen LogP contribution in [-0.2, 0) is 9.53 Å². The molecule has 3 aromatic heterocycles. The van der Waals surface area contributed by atoms with Gasteiger partial charge in [-0.25, -0.2) is 14.8 Å². The van der Waals surface area contributed by atoms with E-state index in [1.807, 2.05) is 60.7 Å². The lowest BCUT2D eigenvalue weighted by molar-refractivity contribution is -0.139. The summed E-state index contributed by atoms with van der Waals surface area (Å²) < 4.78 is 16.2. The van der Waals surface area contributed by atoms with Crippen molar-refractivity contribution in [2.24, 2.45) is 4.99 Å². The zero-order valence-corrected chi connectivity index (χ0v) is 24.7. The van der Waals surface area contributed by atoms with Crippen molar-refractivity contribution >= 4 is 72.6 Å². The van der Waals surface area contributed by atoms with E-state index in [2.05, 4.69) is 25.9 Å². The molecule has 4 heterocycles. The van der Waals surface area contributed by atoms with Crippen LogP contribution in [0.4, 0.5) is 0 Å². The molecular formula is C28H20BrN3O4S3. The standard InChI is InChI=1S/C28H20BrN3O4S3/c1-3-35-26(34)23-15(2)30-27-32(24(23)16-7-6-8-17(29)13-16)25(33)21(37-27)14-18-11-12-22(36-18)39-28-31-19-9-4-5-10-20(19)38-28/h4-14,24H,3H2,1-2H3/b21-14-/t24-/m1/s1. The van der Waals surface area contributed by atoms with Crippen LogP contribution in [0.15, 0.2) is 100 Å². The molecule has 0 amide bonds. The highest BCUT2D eigenvalue weighted by molar-refractivity contribution is 9.10. The summed E-state index contributed by atoms with van der Waals surface area (Å²) in [6.45, 7) is 3.75. The predicted molar refractivity (Wildman–Crippen MR) is 157 cm³/mol. The lowest BCUT2D eigenvalue weighted by atomic mass is 9.96. The fourth-order valence-corrected chi connectivity index (χ4v) is 7.77. The maximum atomic E-state index is 13.8. The monoisotopic (exact) mass is 637 g/mol. The minimum absolute atomic E-state index is 0.223. The molecule has 0 saturated heterocycles. The lowest BCUT2D eigenvalue weighted by Gasteiger charge is -2.24. The average molecular weight is 639 g/mol. The molecule has 6 rings (SSSR count). The predicted octanol–water partition coefficient (Wildman–Crippen LogP) is 5.91. The van der Waals surface area contributed by atoms with Crippen molar-refractivity contribution in [2.75, 3.05) is 6.61 Å². The summed E-state index contributed by atoms with van der Waals surface area (Å²) in [7, 11) is 0. The number of nitrogens with zero attached hydrogens (tertiary/aromatic N) is 3. The maximum Gasteiger partial charge on any atom is 0.338 e. The average Bonchev–Trinajstić information content (AvgIpc) is 3.61. The van der Waals surface area contributed by atoms with E-state index in [4.69, 9.17) is 9.15 Å². The van der Waals surface area contributed by atoms with Gasteiger partial charge in [-0.3, -0.25) is 9.36 Å². The Morgan fingerprint density at radius 2 is 2.03 bits per heavy atom. The number of carbonyl (C=O) groups is 1. The maximum absolute atomic E-state index is 13.8. The molecule has 0 spiro atoms. The van der Waals surface area contributed by atoms with E-state index < -0.39 is 12.0 Å². The van der Waals surface area contributed by atoms with Gasteiger partial charge >= 0.3 is 5.97 Å². The summed E-state index contributed by atoms with van der Waals surface area (Å²) in [4.78, 5) is 36.5. The van der Waals surface area contributed by atoms with E-state index >= 15 is 0 Å². The van der Waals surface area contributed by atoms with Gasteiger partial charge in [-0.2, -0.15) is 0 Å². The topological polar surface area (TPSA) is 86.7 Å². The van der Waals surface area contributed by atoms with Crippen LogP contribution in [-0.4, -0.2) is 22.1 Å². The third-order valence-electron chi connectivity index (χ3n) is 6.02. The lowest BCUT2D eigenvalue weighted by Crippen LogP contribution is -2.39. The van der Waals surface area contributed by atoms with Crippen molar-refractivity contribution < 1.29 is 13.9 Å². The first-order chi connectivity index (χ1) is 18.9. The molecule has 39 heavy (non-hydrogen) atoms. The van der Waals surface area contributed by atoms with Crippen molar-refractivity contribution in [3.63, 3.8) is 0 Å². The molecule has 0 unspecified atom stereocenters. The Labute approximate surface area is 243 Å². The number of rotatable bonds is 6. The van der Waals surface area contributed by atoms with Crippen LogP contribution in [0.2, 0.25) is 0 Å². The zero-order valence-electron chi connectivity index (χ0n) is 20.7. The number of allylic oxidation sites excluding steroid dienone is 1. The molecular weight excluding hydrogens is 618 g/mol. The van der Waals surface area contributed by atoms with Crippen molar-refractivity contribution in [1.82, 2.24) is 9.55 Å². The van der Waals surface area contributed by atoms with E-state index in [1.54, 1.807) is 35.8 Å². The number of hydrogen-bond acceptors (Lipinski definition) is 9. The quantitative estimate of drug-likeness (QED) is 0.215. The molecule has 7 nitrogen and oxygen atoms in total. The van der Waals surface area contributed by atoms with Crippen molar-refractivity contribution in [1.29, 1.82) is 0 Å². The van der Waals surface area contributed by atoms with E-state index in [0.29, 0.717) is 31.5 Å². The van der Waals surface area contributed by atoms with Gasteiger partial charge in [0.15, 0.2) is 14.2 Å². The number of esters is 1. The molecule has 0 saturated carbocycles. The van der Waals surface area contributed by atoms with Crippen LogP contribution >= 0.6 is 50.4 Å². The zero-order chi connectivity index (χ0) is 27.1. The Bertz CT molecular complexity index is 1920. The number of fused-ring (bicyclic) bond motifs is 2. The minimum atomic E-state index is -0.665. The number of hydrogen-bond donors (Lipinski definition) is 0. The number of halogens is 1. The number of ether oxygens (including phenoxy) is 1. The Hall–Kier alpha value is -3.25. The third-order valence-corrected chi connectivity index (χ3v) is 9.51. The highest BCUT2D eigenvalue weighted by Gasteiger charge is 2.33. The number of aromatic nitrogens is 2. The summed E-state index contributed by atoms with van der Waals surface area (Å²) in [6, 6.07) is 18.6. The second-order valence-corrected chi connectivity index (χ2v) is 12.8. The van der Waals surface area contributed by atoms with E-state index in [9.17, 15) is 9.59 Å². The van der Waals surface area contributed by atoms with E-state index in [1.165, 1.54) is 23.1 Å². The fourth-order valence-electron chi connectivity index (χ4n) is 4.36. The molecule has 0 N–H and O–H groups in total. The summed E-state index contributed by atoms with van der Waals surface area (Å²) in [6.07, 6.45) is 1.72. The van der Waals surface area contributed by atoms with Crippen molar-refractivity contribution in [3.8, 4) is 0 Å². The van der Waals surface area contributed by atoms with Crippen LogP contribution in [0, 0.1) is 0 Å². The van der Waals surface area contributed by atoms with Crippen LogP contribution < -0.4 is 14.9 Å². The highest BCUT2D eigenvalue weighted by atomic mass is 79.9. The first-order valence-corrected chi connectivity index (χ1v) is 15.2. The number of furan rings is 1. The Kier molecular flexibility index (Phi) is 7.15. The smallest absolute Gasteiger partial charge is 0.338 e. The first kappa shape index (κ1) is 26.0. The number of benzene rings is 2. The summed E-state index contributed by atoms with van der Waals surface area (Å²) in [5.41, 5.74) is 2.35. The molecule has 0 bridgehead atoms. The normalized spacial score (nSPS) is 15.5. The molecule has 0 aliphatic carbocycles. The molecule has 0 radical (unpaired) electrons.